The Bertz CT molecular complexity index is 527. The molecule has 5 nitrogen and oxygen atoms in total. The number of ketones is 2. The van der Waals surface area contributed by atoms with E-state index < -0.39 is 16.9 Å². The summed E-state index contributed by atoms with van der Waals surface area (Å²) < 4.78 is 11.4. The lowest BCUT2D eigenvalue weighted by Gasteiger charge is -2.51. The molecule has 0 N–H and O–H groups in total. The van der Waals surface area contributed by atoms with E-state index in [4.69, 9.17) is 9.47 Å². The van der Waals surface area contributed by atoms with E-state index in [0.29, 0.717) is 19.3 Å². The minimum absolute atomic E-state index is 0.0302. The van der Waals surface area contributed by atoms with Crippen molar-refractivity contribution in [2.75, 3.05) is 0 Å². The van der Waals surface area contributed by atoms with Gasteiger partial charge in [-0.25, -0.2) is 0 Å². The van der Waals surface area contributed by atoms with Crippen LogP contribution in [-0.4, -0.2) is 35.3 Å². The molecule has 1 heterocycles. The van der Waals surface area contributed by atoms with Crippen molar-refractivity contribution in [2.45, 2.75) is 64.8 Å². The van der Waals surface area contributed by atoms with Crippen LogP contribution in [0.2, 0.25) is 0 Å². The minimum atomic E-state index is -0.593. The largest absolute Gasteiger partial charge is 0.460 e. The molecule has 6 atom stereocenters. The molecule has 116 valence electrons. The standard InChI is InChI=1S/C16H22O5/c1-8-7-12(20-10(3)18)14-16(21-14)6-5-11(19)13(9(2)17)15(8,16)4/h8,12-14H,5-7H2,1-4H3/t8-,12-,13?,14-,15-,16-/m0/s1. The molecular weight excluding hydrogens is 272 g/mol. The molecule has 3 aliphatic rings. The number of carbonyl (C=O) groups excluding carboxylic acids is 3. The molecule has 1 unspecified atom stereocenters. The van der Waals surface area contributed by atoms with Crippen molar-refractivity contribution in [3.8, 4) is 0 Å². The number of ether oxygens (including phenoxy) is 2. The number of esters is 1. The van der Waals surface area contributed by atoms with Crippen LogP contribution in [0.15, 0.2) is 0 Å². The zero-order valence-electron chi connectivity index (χ0n) is 13.0. The first-order valence-corrected chi connectivity index (χ1v) is 7.62. The Hall–Kier alpha value is -1.23. The minimum Gasteiger partial charge on any atom is -0.460 e. The van der Waals surface area contributed by atoms with E-state index in [1.54, 1.807) is 0 Å². The summed E-state index contributed by atoms with van der Waals surface area (Å²) in [5.74, 6) is -0.865. The third-order valence-corrected chi connectivity index (χ3v) is 5.99. The van der Waals surface area contributed by atoms with Crippen LogP contribution in [0.3, 0.4) is 0 Å². The third-order valence-electron chi connectivity index (χ3n) is 5.99. The van der Waals surface area contributed by atoms with Gasteiger partial charge in [-0.15, -0.1) is 0 Å². The van der Waals surface area contributed by atoms with Crippen LogP contribution in [0.1, 0.15) is 47.0 Å². The van der Waals surface area contributed by atoms with Crippen LogP contribution < -0.4 is 0 Å². The second-order valence-electron chi connectivity index (χ2n) is 7.01. The average Bonchev–Trinajstić information content (AvgIpc) is 3.08. The highest BCUT2D eigenvalue weighted by Gasteiger charge is 2.78. The summed E-state index contributed by atoms with van der Waals surface area (Å²) in [5.41, 5.74) is -0.968. The van der Waals surface area contributed by atoms with Crippen LogP contribution in [0.25, 0.3) is 0 Å². The Morgan fingerprint density at radius 1 is 1.33 bits per heavy atom. The monoisotopic (exact) mass is 294 g/mol. The van der Waals surface area contributed by atoms with E-state index in [2.05, 4.69) is 0 Å². The second-order valence-corrected chi connectivity index (χ2v) is 7.01. The maximum atomic E-state index is 12.3. The Kier molecular flexibility index (Phi) is 3.07. The molecule has 5 heteroatoms. The molecule has 3 fully saturated rings. The smallest absolute Gasteiger partial charge is 0.302 e. The quantitative estimate of drug-likeness (QED) is 0.440. The van der Waals surface area contributed by atoms with Gasteiger partial charge in [-0.2, -0.15) is 0 Å². The fraction of sp³-hybridized carbons (Fsp3) is 0.812. The van der Waals surface area contributed by atoms with Gasteiger partial charge in [-0.05, 0) is 25.7 Å². The zero-order chi connectivity index (χ0) is 15.6. The van der Waals surface area contributed by atoms with Crippen molar-refractivity contribution in [3.63, 3.8) is 0 Å². The van der Waals surface area contributed by atoms with Gasteiger partial charge >= 0.3 is 5.97 Å². The molecule has 1 saturated heterocycles. The SMILES string of the molecule is CC(=O)O[C@H]1C[C@H](C)[C@@]2(C)C(C(C)=O)C(=O)CC[C@@]23O[C@@H]13. The van der Waals surface area contributed by atoms with E-state index in [-0.39, 0.29) is 35.7 Å². The van der Waals surface area contributed by atoms with Gasteiger partial charge in [0.2, 0.25) is 0 Å². The molecular formula is C16H22O5. The van der Waals surface area contributed by atoms with Gasteiger partial charge in [0.15, 0.2) is 0 Å². The first-order valence-electron chi connectivity index (χ1n) is 7.62. The van der Waals surface area contributed by atoms with Gasteiger partial charge in [0, 0.05) is 18.8 Å². The fourth-order valence-electron chi connectivity index (χ4n) is 4.90. The molecule has 2 aliphatic carbocycles. The highest BCUT2D eigenvalue weighted by molar-refractivity contribution is 6.03. The Balaban J connectivity index is 1.98. The number of Topliss-reactive ketones (excluding diaryl/α,β-unsaturated/α-hetero) is 2. The fourth-order valence-corrected chi connectivity index (χ4v) is 4.90. The molecule has 0 amide bonds. The second kappa shape index (κ2) is 4.38. The Labute approximate surface area is 124 Å². The lowest BCUT2D eigenvalue weighted by molar-refractivity contribution is -0.158. The Morgan fingerprint density at radius 2 is 2.00 bits per heavy atom. The maximum absolute atomic E-state index is 12.3. The normalized spacial score (nSPS) is 48.1. The molecule has 0 radical (unpaired) electrons. The average molecular weight is 294 g/mol. The van der Waals surface area contributed by atoms with Crippen molar-refractivity contribution in [3.05, 3.63) is 0 Å². The number of hydrogen-bond donors (Lipinski definition) is 0. The topological polar surface area (TPSA) is 73.0 Å². The lowest BCUT2D eigenvalue weighted by atomic mass is 9.49. The molecule has 0 aromatic carbocycles. The summed E-state index contributed by atoms with van der Waals surface area (Å²) in [7, 11) is 0. The number of hydrogen-bond acceptors (Lipinski definition) is 5. The molecule has 21 heavy (non-hydrogen) atoms. The van der Waals surface area contributed by atoms with Crippen molar-refractivity contribution in [1.29, 1.82) is 0 Å². The summed E-state index contributed by atoms with van der Waals surface area (Å²) in [4.78, 5) is 35.6. The van der Waals surface area contributed by atoms with E-state index in [1.807, 2.05) is 13.8 Å². The van der Waals surface area contributed by atoms with Gasteiger partial charge < -0.3 is 9.47 Å². The molecule has 3 rings (SSSR count). The van der Waals surface area contributed by atoms with Crippen molar-refractivity contribution >= 4 is 17.5 Å². The van der Waals surface area contributed by atoms with Crippen LogP contribution in [0, 0.1) is 17.3 Å². The molecule has 2 saturated carbocycles. The Morgan fingerprint density at radius 3 is 2.57 bits per heavy atom. The summed E-state index contributed by atoms with van der Waals surface area (Å²) in [5, 5.41) is 0. The first-order chi connectivity index (χ1) is 9.74. The van der Waals surface area contributed by atoms with E-state index >= 15 is 0 Å². The lowest BCUT2D eigenvalue weighted by Crippen LogP contribution is -2.60. The van der Waals surface area contributed by atoms with Crippen LogP contribution in [0.5, 0.6) is 0 Å². The van der Waals surface area contributed by atoms with Crippen LogP contribution in [0.4, 0.5) is 0 Å². The summed E-state index contributed by atoms with van der Waals surface area (Å²) in [6.45, 7) is 6.93. The highest BCUT2D eigenvalue weighted by atomic mass is 16.6. The van der Waals surface area contributed by atoms with Crippen molar-refractivity contribution < 1.29 is 23.9 Å². The third kappa shape index (κ3) is 1.76. The van der Waals surface area contributed by atoms with Gasteiger partial charge in [-0.3, -0.25) is 14.4 Å². The highest BCUT2D eigenvalue weighted by Crippen LogP contribution is 2.68. The predicted octanol–water partition coefficient (Wildman–Crippen LogP) is 1.67. The number of rotatable bonds is 2. The van der Waals surface area contributed by atoms with Gasteiger partial charge in [-0.1, -0.05) is 13.8 Å². The van der Waals surface area contributed by atoms with E-state index in [9.17, 15) is 14.4 Å². The van der Waals surface area contributed by atoms with Crippen LogP contribution >= 0.6 is 0 Å². The predicted molar refractivity (Wildman–Crippen MR) is 73.5 cm³/mol. The number of carbonyl (C=O) groups is 3. The van der Waals surface area contributed by atoms with E-state index in [0.717, 1.165) is 0 Å². The van der Waals surface area contributed by atoms with Gasteiger partial charge in [0.25, 0.3) is 0 Å². The molecule has 1 spiro atoms. The summed E-state index contributed by atoms with van der Waals surface area (Å²) >= 11 is 0. The first kappa shape index (κ1) is 14.7. The molecule has 0 aromatic rings. The van der Waals surface area contributed by atoms with Crippen molar-refractivity contribution in [2.24, 2.45) is 17.3 Å². The van der Waals surface area contributed by atoms with E-state index in [1.165, 1.54) is 13.8 Å². The maximum Gasteiger partial charge on any atom is 0.302 e. The summed E-state index contributed by atoms with van der Waals surface area (Å²) in [6.07, 6.45) is 1.21. The molecule has 1 aliphatic heterocycles. The van der Waals surface area contributed by atoms with Crippen LogP contribution in [-0.2, 0) is 23.9 Å². The zero-order valence-corrected chi connectivity index (χ0v) is 13.0. The van der Waals surface area contributed by atoms with Crippen molar-refractivity contribution in [1.82, 2.24) is 0 Å². The molecule has 0 bridgehead atoms. The molecule has 0 aromatic heterocycles. The number of epoxide rings is 1. The van der Waals surface area contributed by atoms with Gasteiger partial charge in [0.1, 0.15) is 29.4 Å². The van der Waals surface area contributed by atoms with Gasteiger partial charge in [0.05, 0.1) is 5.92 Å². The summed E-state index contributed by atoms with van der Waals surface area (Å²) in [6, 6.07) is 0.